The molecular weight excluding hydrogens is 350 g/mol. The first-order valence-corrected chi connectivity index (χ1v) is 9.92. The van der Waals surface area contributed by atoms with Crippen molar-refractivity contribution >= 4 is 11.6 Å². The summed E-state index contributed by atoms with van der Waals surface area (Å²) in [5.41, 5.74) is 3.40. The average Bonchev–Trinajstić information content (AvgIpc) is 3.37. The SMILES string of the molecule is CCCN(CC1CC1)c1cc(C(=O)Cc2cccc(-c3ccn[nH]3)c2)ncn1. The van der Waals surface area contributed by atoms with E-state index in [9.17, 15) is 4.79 Å². The van der Waals surface area contributed by atoms with Crippen molar-refractivity contribution in [2.24, 2.45) is 5.92 Å². The van der Waals surface area contributed by atoms with Gasteiger partial charge in [-0.15, -0.1) is 0 Å². The van der Waals surface area contributed by atoms with E-state index in [2.05, 4.69) is 32.0 Å². The third-order valence-corrected chi connectivity index (χ3v) is 5.03. The lowest BCUT2D eigenvalue weighted by molar-refractivity contribution is 0.0988. The van der Waals surface area contributed by atoms with Crippen LogP contribution in [0.15, 0.2) is 48.9 Å². The Morgan fingerprint density at radius 1 is 1.21 bits per heavy atom. The number of anilines is 1. The normalized spacial score (nSPS) is 13.5. The highest BCUT2D eigenvalue weighted by Gasteiger charge is 2.25. The molecule has 2 aromatic heterocycles. The van der Waals surface area contributed by atoms with Crippen molar-refractivity contribution in [1.29, 1.82) is 0 Å². The van der Waals surface area contributed by atoms with Crippen molar-refractivity contribution in [3.63, 3.8) is 0 Å². The number of aromatic amines is 1. The highest BCUT2D eigenvalue weighted by molar-refractivity contribution is 5.96. The first-order chi connectivity index (χ1) is 13.7. The summed E-state index contributed by atoms with van der Waals surface area (Å²) in [7, 11) is 0. The number of nitrogens with one attached hydrogen (secondary N) is 1. The molecule has 1 saturated carbocycles. The molecule has 0 radical (unpaired) electrons. The maximum atomic E-state index is 12.9. The molecule has 1 aliphatic carbocycles. The van der Waals surface area contributed by atoms with Crippen LogP contribution in [0.4, 0.5) is 5.82 Å². The molecule has 6 nitrogen and oxygen atoms in total. The molecule has 0 bridgehead atoms. The van der Waals surface area contributed by atoms with Gasteiger partial charge in [0.15, 0.2) is 5.78 Å². The molecule has 28 heavy (non-hydrogen) atoms. The lowest BCUT2D eigenvalue weighted by atomic mass is 10.0. The zero-order chi connectivity index (χ0) is 19.3. The Morgan fingerprint density at radius 2 is 2.11 bits per heavy atom. The summed E-state index contributed by atoms with van der Waals surface area (Å²) in [5, 5.41) is 6.95. The van der Waals surface area contributed by atoms with Gasteiger partial charge in [-0.05, 0) is 48.4 Å². The molecular formula is C22H25N5O. The second-order valence-electron chi connectivity index (χ2n) is 7.42. The molecule has 3 aromatic rings. The fraction of sp³-hybridized carbons (Fsp3) is 0.364. The van der Waals surface area contributed by atoms with Crippen molar-refractivity contribution < 1.29 is 4.79 Å². The average molecular weight is 375 g/mol. The molecule has 4 rings (SSSR count). The van der Waals surface area contributed by atoms with Gasteiger partial charge in [-0.3, -0.25) is 9.89 Å². The van der Waals surface area contributed by atoms with E-state index in [1.165, 1.54) is 19.2 Å². The minimum absolute atomic E-state index is 0.00767. The van der Waals surface area contributed by atoms with Gasteiger partial charge < -0.3 is 4.90 Å². The molecule has 0 spiro atoms. The van der Waals surface area contributed by atoms with Gasteiger partial charge in [0.25, 0.3) is 0 Å². The monoisotopic (exact) mass is 375 g/mol. The summed E-state index contributed by atoms with van der Waals surface area (Å²) >= 11 is 0. The summed E-state index contributed by atoms with van der Waals surface area (Å²) in [6.45, 7) is 4.14. The first-order valence-electron chi connectivity index (χ1n) is 9.92. The Hall–Kier alpha value is -3.02. The number of benzene rings is 1. The summed E-state index contributed by atoms with van der Waals surface area (Å²) in [6.07, 6.45) is 7.20. The zero-order valence-electron chi connectivity index (χ0n) is 16.1. The third kappa shape index (κ3) is 4.44. The van der Waals surface area contributed by atoms with Gasteiger partial charge in [0, 0.05) is 31.8 Å². The molecule has 0 saturated heterocycles. The molecule has 2 heterocycles. The highest BCUT2D eigenvalue weighted by Crippen LogP contribution is 2.31. The Morgan fingerprint density at radius 3 is 2.86 bits per heavy atom. The minimum Gasteiger partial charge on any atom is -0.356 e. The molecule has 6 heteroatoms. The van der Waals surface area contributed by atoms with E-state index in [1.807, 2.05) is 36.4 Å². The molecule has 0 amide bonds. The molecule has 0 unspecified atom stereocenters. The van der Waals surface area contributed by atoms with Gasteiger partial charge in [0.1, 0.15) is 17.8 Å². The topological polar surface area (TPSA) is 74.8 Å². The molecule has 1 fully saturated rings. The minimum atomic E-state index is 0.00767. The van der Waals surface area contributed by atoms with Gasteiger partial charge in [0.2, 0.25) is 0 Å². The Kier molecular flexibility index (Phi) is 5.46. The molecule has 1 N–H and O–H groups in total. The van der Waals surface area contributed by atoms with Gasteiger partial charge in [-0.1, -0.05) is 25.1 Å². The summed E-state index contributed by atoms with van der Waals surface area (Å²) in [5.74, 6) is 1.64. The lowest BCUT2D eigenvalue weighted by Crippen LogP contribution is -2.27. The van der Waals surface area contributed by atoms with Gasteiger partial charge >= 0.3 is 0 Å². The Balaban J connectivity index is 1.50. The van der Waals surface area contributed by atoms with Crippen LogP contribution in [0.1, 0.15) is 42.2 Å². The second-order valence-corrected chi connectivity index (χ2v) is 7.42. The van der Waals surface area contributed by atoms with Crippen molar-refractivity contribution in [1.82, 2.24) is 20.2 Å². The van der Waals surface area contributed by atoms with E-state index in [-0.39, 0.29) is 5.78 Å². The number of H-pyrrole nitrogens is 1. The van der Waals surface area contributed by atoms with E-state index in [1.54, 1.807) is 6.20 Å². The quantitative estimate of drug-likeness (QED) is 0.574. The predicted octanol–water partition coefficient (Wildman–Crippen LogP) is 3.92. The predicted molar refractivity (Wildman–Crippen MR) is 109 cm³/mol. The number of hydrogen-bond acceptors (Lipinski definition) is 5. The number of nitrogens with zero attached hydrogens (tertiary/aromatic N) is 4. The van der Waals surface area contributed by atoms with E-state index in [0.29, 0.717) is 12.1 Å². The smallest absolute Gasteiger partial charge is 0.185 e. The van der Waals surface area contributed by atoms with Gasteiger partial charge in [0.05, 0.1) is 5.69 Å². The van der Waals surface area contributed by atoms with Crippen LogP contribution in [0.3, 0.4) is 0 Å². The van der Waals surface area contributed by atoms with E-state index in [4.69, 9.17) is 0 Å². The van der Waals surface area contributed by atoms with Crippen molar-refractivity contribution in [3.8, 4) is 11.3 Å². The van der Waals surface area contributed by atoms with E-state index >= 15 is 0 Å². The lowest BCUT2D eigenvalue weighted by Gasteiger charge is -2.23. The van der Waals surface area contributed by atoms with Crippen LogP contribution in [0.5, 0.6) is 0 Å². The largest absolute Gasteiger partial charge is 0.356 e. The number of carbonyl (C=O) groups excluding carboxylic acids is 1. The standard InChI is InChI=1S/C22H25N5O/c1-2-10-27(14-16-6-7-16)22-13-20(23-15-24-22)21(28)12-17-4-3-5-18(11-17)19-8-9-25-26-19/h3-5,8-9,11,13,15-16H,2,6-7,10,12,14H2,1H3,(H,25,26). The van der Waals surface area contributed by atoms with Crippen LogP contribution in [0, 0.1) is 5.92 Å². The van der Waals surface area contributed by atoms with Crippen LogP contribution >= 0.6 is 0 Å². The van der Waals surface area contributed by atoms with Crippen molar-refractivity contribution in [2.45, 2.75) is 32.6 Å². The number of Topliss-reactive ketones (excluding diaryl/α,β-unsaturated/α-hetero) is 1. The fourth-order valence-corrected chi connectivity index (χ4v) is 3.40. The van der Waals surface area contributed by atoms with Crippen molar-refractivity contribution in [2.75, 3.05) is 18.0 Å². The number of aromatic nitrogens is 4. The van der Waals surface area contributed by atoms with Crippen molar-refractivity contribution in [3.05, 3.63) is 60.2 Å². The number of ketones is 1. The van der Waals surface area contributed by atoms with E-state index < -0.39 is 0 Å². The van der Waals surface area contributed by atoms with E-state index in [0.717, 1.165) is 48.1 Å². The van der Waals surface area contributed by atoms with Crippen LogP contribution < -0.4 is 4.90 Å². The first kappa shape index (κ1) is 18.3. The highest BCUT2D eigenvalue weighted by atomic mass is 16.1. The summed E-state index contributed by atoms with van der Waals surface area (Å²) in [4.78, 5) is 23.8. The maximum Gasteiger partial charge on any atom is 0.185 e. The molecule has 1 aliphatic rings. The molecule has 1 aromatic carbocycles. The molecule has 0 aliphatic heterocycles. The maximum absolute atomic E-state index is 12.9. The van der Waals surface area contributed by atoms with Crippen LogP contribution in [-0.2, 0) is 6.42 Å². The fourth-order valence-electron chi connectivity index (χ4n) is 3.40. The van der Waals surface area contributed by atoms with Gasteiger partial charge in [-0.25, -0.2) is 9.97 Å². The summed E-state index contributed by atoms with van der Waals surface area (Å²) in [6, 6.07) is 11.7. The number of hydrogen-bond donors (Lipinski definition) is 1. The van der Waals surface area contributed by atoms with Crippen LogP contribution in [-0.4, -0.2) is 39.0 Å². The van der Waals surface area contributed by atoms with Gasteiger partial charge in [-0.2, -0.15) is 5.10 Å². The third-order valence-electron chi connectivity index (χ3n) is 5.03. The van der Waals surface area contributed by atoms with Crippen LogP contribution in [0.2, 0.25) is 0 Å². The van der Waals surface area contributed by atoms with Crippen LogP contribution in [0.25, 0.3) is 11.3 Å². The number of rotatable bonds is 9. The Labute approximate surface area is 165 Å². The zero-order valence-corrected chi connectivity index (χ0v) is 16.1. The second kappa shape index (κ2) is 8.33. The molecule has 0 atom stereocenters. The number of carbonyl (C=O) groups is 1. The summed E-state index contributed by atoms with van der Waals surface area (Å²) < 4.78 is 0. The Bertz CT molecular complexity index is 934. The molecule has 144 valence electrons.